The van der Waals surface area contributed by atoms with E-state index in [2.05, 4.69) is 26.1 Å². The van der Waals surface area contributed by atoms with Gasteiger partial charge in [-0.2, -0.15) is 0 Å². The van der Waals surface area contributed by atoms with Crippen LogP contribution in [0.25, 0.3) is 0 Å². The Hall–Kier alpha value is -2.99. The standard InChI is InChI=1S/C24H29NO5/c1-16(2)29-14-17-6-8-19(9-7-17)23(28)30-15-21(26)25-22(27)18-10-12-20(13-11-18)24(3,4)5/h6-13,16H,14-15H2,1-5H3,(H,25,26,27). The summed E-state index contributed by atoms with van der Waals surface area (Å²) in [6, 6.07) is 13.8. The highest BCUT2D eigenvalue weighted by Gasteiger charge is 2.16. The number of hydrogen-bond donors (Lipinski definition) is 1. The lowest BCUT2D eigenvalue weighted by molar-refractivity contribution is -0.123. The Bertz CT molecular complexity index is 877. The number of carbonyl (C=O) groups is 3. The van der Waals surface area contributed by atoms with E-state index in [1.54, 1.807) is 36.4 Å². The van der Waals surface area contributed by atoms with Crippen molar-refractivity contribution in [2.24, 2.45) is 0 Å². The zero-order valence-electron chi connectivity index (χ0n) is 18.2. The van der Waals surface area contributed by atoms with Crippen molar-refractivity contribution >= 4 is 17.8 Å². The van der Waals surface area contributed by atoms with Gasteiger partial charge in [0.25, 0.3) is 11.8 Å². The van der Waals surface area contributed by atoms with Crippen LogP contribution in [0.3, 0.4) is 0 Å². The number of benzene rings is 2. The molecule has 0 radical (unpaired) electrons. The third-order valence-corrected chi connectivity index (χ3v) is 4.37. The van der Waals surface area contributed by atoms with E-state index < -0.39 is 24.4 Å². The maximum Gasteiger partial charge on any atom is 0.338 e. The van der Waals surface area contributed by atoms with Crippen LogP contribution in [-0.4, -0.2) is 30.5 Å². The van der Waals surface area contributed by atoms with Gasteiger partial charge in [-0.05, 0) is 54.7 Å². The SMILES string of the molecule is CC(C)OCc1ccc(C(=O)OCC(=O)NC(=O)c2ccc(C(C)(C)C)cc2)cc1. The van der Waals surface area contributed by atoms with E-state index in [4.69, 9.17) is 9.47 Å². The van der Waals surface area contributed by atoms with Crippen LogP contribution in [0.2, 0.25) is 0 Å². The van der Waals surface area contributed by atoms with Crippen LogP contribution in [0.4, 0.5) is 0 Å². The molecule has 2 aromatic carbocycles. The molecule has 2 amide bonds. The molecule has 6 nitrogen and oxygen atoms in total. The highest BCUT2D eigenvalue weighted by atomic mass is 16.5. The van der Waals surface area contributed by atoms with E-state index in [0.29, 0.717) is 17.7 Å². The smallest absolute Gasteiger partial charge is 0.338 e. The van der Waals surface area contributed by atoms with Gasteiger partial charge in [0.05, 0.1) is 18.3 Å². The Labute approximate surface area is 177 Å². The lowest BCUT2D eigenvalue weighted by Crippen LogP contribution is -2.34. The summed E-state index contributed by atoms with van der Waals surface area (Å²) < 4.78 is 10.5. The maximum absolute atomic E-state index is 12.2. The van der Waals surface area contributed by atoms with Crippen molar-refractivity contribution in [3.05, 3.63) is 70.8 Å². The van der Waals surface area contributed by atoms with E-state index in [0.717, 1.165) is 11.1 Å². The third-order valence-electron chi connectivity index (χ3n) is 4.37. The lowest BCUT2D eigenvalue weighted by atomic mass is 9.87. The first-order chi connectivity index (χ1) is 14.1. The van der Waals surface area contributed by atoms with Gasteiger partial charge in [0.15, 0.2) is 6.61 Å². The Kier molecular flexibility index (Phi) is 7.89. The van der Waals surface area contributed by atoms with Gasteiger partial charge in [-0.3, -0.25) is 14.9 Å². The summed E-state index contributed by atoms with van der Waals surface area (Å²) in [4.78, 5) is 36.3. The molecule has 0 aliphatic carbocycles. The summed E-state index contributed by atoms with van der Waals surface area (Å²) in [7, 11) is 0. The fourth-order valence-electron chi connectivity index (χ4n) is 2.57. The van der Waals surface area contributed by atoms with Crippen LogP contribution in [0.5, 0.6) is 0 Å². The normalized spacial score (nSPS) is 11.3. The molecule has 1 N–H and O–H groups in total. The Morgan fingerprint density at radius 1 is 0.900 bits per heavy atom. The van der Waals surface area contributed by atoms with Crippen LogP contribution < -0.4 is 5.32 Å². The van der Waals surface area contributed by atoms with Crippen molar-refractivity contribution in [1.29, 1.82) is 0 Å². The predicted octanol–water partition coefficient (Wildman–Crippen LogP) is 4.02. The number of hydrogen-bond acceptors (Lipinski definition) is 5. The molecule has 160 valence electrons. The minimum absolute atomic E-state index is 0.0291. The summed E-state index contributed by atoms with van der Waals surface area (Å²) in [6.07, 6.45) is 0.118. The topological polar surface area (TPSA) is 81.7 Å². The molecule has 0 aliphatic rings. The van der Waals surface area contributed by atoms with E-state index >= 15 is 0 Å². The lowest BCUT2D eigenvalue weighted by Gasteiger charge is -2.19. The molecule has 6 heteroatoms. The van der Waals surface area contributed by atoms with Crippen molar-refractivity contribution in [1.82, 2.24) is 5.32 Å². The van der Waals surface area contributed by atoms with Crippen molar-refractivity contribution in [2.45, 2.75) is 52.7 Å². The van der Waals surface area contributed by atoms with Gasteiger partial charge < -0.3 is 9.47 Å². The highest BCUT2D eigenvalue weighted by Crippen LogP contribution is 2.22. The quantitative estimate of drug-likeness (QED) is 0.696. The van der Waals surface area contributed by atoms with Crippen molar-refractivity contribution in [2.75, 3.05) is 6.61 Å². The van der Waals surface area contributed by atoms with Crippen molar-refractivity contribution in [3.63, 3.8) is 0 Å². The number of nitrogens with one attached hydrogen (secondary N) is 1. The van der Waals surface area contributed by atoms with E-state index in [-0.39, 0.29) is 11.5 Å². The maximum atomic E-state index is 12.2. The molecule has 0 aliphatic heterocycles. The minimum atomic E-state index is -0.685. The average Bonchev–Trinajstić information content (AvgIpc) is 2.70. The first-order valence-corrected chi connectivity index (χ1v) is 9.88. The van der Waals surface area contributed by atoms with E-state index in [1.807, 2.05) is 26.0 Å². The molecule has 0 spiro atoms. The third kappa shape index (κ3) is 7.12. The number of rotatable bonds is 7. The molecule has 0 atom stereocenters. The molecule has 0 saturated carbocycles. The van der Waals surface area contributed by atoms with Gasteiger partial charge in [0.1, 0.15) is 0 Å². The summed E-state index contributed by atoms with van der Waals surface area (Å²) >= 11 is 0. The second kappa shape index (κ2) is 10.2. The zero-order valence-corrected chi connectivity index (χ0v) is 18.2. The molecule has 2 rings (SSSR count). The van der Waals surface area contributed by atoms with Crippen LogP contribution in [0, 0.1) is 0 Å². The number of carbonyl (C=O) groups excluding carboxylic acids is 3. The fraction of sp³-hybridized carbons (Fsp3) is 0.375. The van der Waals surface area contributed by atoms with Crippen LogP contribution in [0.15, 0.2) is 48.5 Å². The second-order valence-electron chi connectivity index (χ2n) is 8.34. The van der Waals surface area contributed by atoms with E-state index in [1.165, 1.54) is 0 Å². The highest BCUT2D eigenvalue weighted by molar-refractivity contribution is 6.05. The number of amides is 2. The number of imide groups is 1. The first-order valence-electron chi connectivity index (χ1n) is 9.88. The molecule has 0 saturated heterocycles. The second-order valence-corrected chi connectivity index (χ2v) is 8.34. The van der Waals surface area contributed by atoms with Gasteiger partial charge in [-0.15, -0.1) is 0 Å². The van der Waals surface area contributed by atoms with Gasteiger partial charge >= 0.3 is 5.97 Å². The van der Waals surface area contributed by atoms with Gasteiger partial charge in [0.2, 0.25) is 0 Å². The Balaban J connectivity index is 1.83. The van der Waals surface area contributed by atoms with Crippen LogP contribution >= 0.6 is 0 Å². The summed E-state index contributed by atoms with van der Waals surface area (Å²) in [5.74, 6) is -1.86. The molecule has 0 fully saturated rings. The Morgan fingerprint density at radius 2 is 1.47 bits per heavy atom. The van der Waals surface area contributed by atoms with Crippen LogP contribution in [-0.2, 0) is 26.3 Å². The summed E-state index contributed by atoms with van der Waals surface area (Å²) in [5.41, 5.74) is 2.67. The molecule has 0 aromatic heterocycles. The van der Waals surface area contributed by atoms with E-state index in [9.17, 15) is 14.4 Å². The molecule has 2 aromatic rings. The van der Waals surface area contributed by atoms with Crippen molar-refractivity contribution in [3.8, 4) is 0 Å². The molecular weight excluding hydrogens is 382 g/mol. The number of ether oxygens (including phenoxy) is 2. The molecule has 0 heterocycles. The zero-order chi connectivity index (χ0) is 22.3. The van der Waals surface area contributed by atoms with Crippen LogP contribution in [0.1, 0.15) is 66.5 Å². The van der Waals surface area contributed by atoms with Gasteiger partial charge in [0, 0.05) is 5.56 Å². The predicted molar refractivity (Wildman–Crippen MR) is 114 cm³/mol. The summed E-state index contributed by atoms with van der Waals surface area (Å²) in [5, 5.41) is 2.23. The van der Waals surface area contributed by atoms with Gasteiger partial charge in [-0.25, -0.2) is 4.79 Å². The molecular formula is C24H29NO5. The fourth-order valence-corrected chi connectivity index (χ4v) is 2.57. The molecule has 0 unspecified atom stereocenters. The summed E-state index contributed by atoms with van der Waals surface area (Å²) in [6.45, 7) is 10.0. The monoisotopic (exact) mass is 411 g/mol. The van der Waals surface area contributed by atoms with Gasteiger partial charge in [-0.1, -0.05) is 45.0 Å². The Morgan fingerprint density at radius 3 is 2.00 bits per heavy atom. The first kappa shape index (κ1) is 23.3. The average molecular weight is 411 g/mol. The molecule has 30 heavy (non-hydrogen) atoms. The molecule has 0 bridgehead atoms. The largest absolute Gasteiger partial charge is 0.452 e. The minimum Gasteiger partial charge on any atom is -0.452 e. The van der Waals surface area contributed by atoms with Crippen molar-refractivity contribution < 1.29 is 23.9 Å². The number of esters is 1.